The topological polar surface area (TPSA) is 128 Å². The van der Waals surface area contributed by atoms with Gasteiger partial charge in [-0.3, -0.25) is 9.78 Å². The fraction of sp³-hybridized carbons (Fsp3) is 0.409. The summed E-state index contributed by atoms with van der Waals surface area (Å²) in [5.74, 6) is 1.04. The van der Waals surface area contributed by atoms with E-state index in [0.29, 0.717) is 22.9 Å². The van der Waals surface area contributed by atoms with E-state index in [1.165, 1.54) is 0 Å². The predicted molar refractivity (Wildman–Crippen MR) is 119 cm³/mol. The summed E-state index contributed by atoms with van der Waals surface area (Å²) >= 11 is 0. The molecule has 1 fully saturated rings. The number of carbonyl (C=O) groups is 1. The second-order valence-electron chi connectivity index (χ2n) is 8.10. The third-order valence-corrected chi connectivity index (χ3v) is 5.20. The van der Waals surface area contributed by atoms with E-state index in [4.69, 9.17) is 10.5 Å². The van der Waals surface area contributed by atoms with E-state index in [1.54, 1.807) is 30.9 Å². The highest BCUT2D eigenvalue weighted by Gasteiger charge is 2.24. The first kappa shape index (κ1) is 20.8. The van der Waals surface area contributed by atoms with Crippen LogP contribution >= 0.6 is 0 Å². The third-order valence-electron chi connectivity index (χ3n) is 5.20. The summed E-state index contributed by atoms with van der Waals surface area (Å²) in [6.07, 6.45) is 10.1. The maximum absolute atomic E-state index is 12.0. The van der Waals surface area contributed by atoms with Crippen LogP contribution in [0.5, 0.6) is 5.75 Å². The van der Waals surface area contributed by atoms with Crippen molar-refractivity contribution in [2.24, 2.45) is 0 Å². The van der Waals surface area contributed by atoms with Gasteiger partial charge in [0.15, 0.2) is 0 Å². The van der Waals surface area contributed by atoms with Crippen LogP contribution in [0.1, 0.15) is 49.9 Å². The lowest BCUT2D eigenvalue weighted by Gasteiger charge is -2.29. The van der Waals surface area contributed by atoms with Crippen molar-refractivity contribution < 1.29 is 9.53 Å². The zero-order chi connectivity index (χ0) is 21.8. The molecule has 0 spiro atoms. The lowest BCUT2D eigenvalue weighted by atomic mass is 9.93. The predicted octanol–water partition coefficient (Wildman–Crippen LogP) is 2.94. The molecule has 0 aliphatic heterocycles. The molecule has 9 nitrogen and oxygen atoms in total. The highest BCUT2D eigenvalue weighted by Crippen LogP contribution is 2.30. The van der Waals surface area contributed by atoms with Gasteiger partial charge >= 0.3 is 0 Å². The fourth-order valence-electron chi connectivity index (χ4n) is 3.71. The van der Waals surface area contributed by atoms with Crippen LogP contribution in [0.25, 0.3) is 11.0 Å². The Bertz CT molecular complexity index is 1050. The lowest BCUT2D eigenvalue weighted by molar-refractivity contribution is 0.0942. The molecule has 1 aliphatic rings. The summed E-state index contributed by atoms with van der Waals surface area (Å²) in [4.78, 5) is 29.3. The van der Waals surface area contributed by atoms with E-state index in [0.717, 1.165) is 36.7 Å². The molecule has 1 saturated carbocycles. The number of amides is 1. The molecule has 4 rings (SSSR count). The first-order valence-corrected chi connectivity index (χ1v) is 10.5. The van der Waals surface area contributed by atoms with Gasteiger partial charge in [0.1, 0.15) is 11.3 Å². The molecule has 2 heterocycles. The van der Waals surface area contributed by atoms with Crippen molar-refractivity contribution in [1.29, 1.82) is 0 Å². The molecule has 0 saturated heterocycles. The molecule has 1 aliphatic carbocycles. The van der Waals surface area contributed by atoms with Gasteiger partial charge in [-0.2, -0.15) is 0 Å². The summed E-state index contributed by atoms with van der Waals surface area (Å²) in [5, 5.41) is 6.19. The number of nitrogens with one attached hydrogen (secondary N) is 2. The van der Waals surface area contributed by atoms with Gasteiger partial charge in [0, 0.05) is 48.6 Å². The molecule has 3 aromatic rings. The van der Waals surface area contributed by atoms with Crippen molar-refractivity contribution in [2.45, 2.75) is 57.7 Å². The summed E-state index contributed by atoms with van der Waals surface area (Å²) in [6, 6.07) is 3.94. The minimum atomic E-state index is -0.169. The third kappa shape index (κ3) is 5.17. The molecular formula is C22H27N7O2. The normalized spacial score (nSPS) is 18.7. The number of hydrogen-bond acceptors (Lipinski definition) is 8. The van der Waals surface area contributed by atoms with Crippen LogP contribution in [0.15, 0.2) is 36.9 Å². The van der Waals surface area contributed by atoms with E-state index < -0.39 is 0 Å². The Morgan fingerprint density at radius 1 is 1.06 bits per heavy atom. The number of benzene rings is 1. The van der Waals surface area contributed by atoms with Crippen molar-refractivity contribution in [3.8, 4) is 5.75 Å². The smallest absolute Gasteiger partial charge is 0.254 e. The second kappa shape index (κ2) is 9.11. The van der Waals surface area contributed by atoms with Gasteiger partial charge in [0.05, 0.1) is 17.2 Å². The van der Waals surface area contributed by atoms with Gasteiger partial charge in [0.2, 0.25) is 5.95 Å². The van der Waals surface area contributed by atoms with Gasteiger partial charge in [-0.25, -0.2) is 15.0 Å². The molecule has 0 radical (unpaired) electrons. The number of ether oxygens (including phenoxy) is 1. The average molecular weight is 422 g/mol. The van der Waals surface area contributed by atoms with Gasteiger partial charge in [-0.05, 0) is 45.6 Å². The number of rotatable bonds is 6. The number of nitrogens with two attached hydrogens (primary N) is 1. The minimum Gasteiger partial charge on any atom is -0.488 e. The summed E-state index contributed by atoms with van der Waals surface area (Å²) in [5.41, 5.74) is 8.52. The van der Waals surface area contributed by atoms with E-state index in [-0.39, 0.29) is 24.1 Å². The van der Waals surface area contributed by atoms with Crippen LogP contribution in [-0.2, 0) is 0 Å². The number of anilines is 2. The fourth-order valence-corrected chi connectivity index (χ4v) is 3.71. The molecule has 2 aromatic heterocycles. The Labute approximate surface area is 180 Å². The van der Waals surface area contributed by atoms with Crippen molar-refractivity contribution in [3.05, 3.63) is 42.5 Å². The number of fused-ring (bicyclic) bond motifs is 1. The van der Waals surface area contributed by atoms with Crippen molar-refractivity contribution in [1.82, 2.24) is 25.3 Å². The van der Waals surface area contributed by atoms with Crippen LogP contribution in [-0.4, -0.2) is 44.0 Å². The Balaban J connectivity index is 1.32. The Morgan fingerprint density at radius 3 is 2.48 bits per heavy atom. The van der Waals surface area contributed by atoms with Gasteiger partial charge in [0.25, 0.3) is 5.91 Å². The van der Waals surface area contributed by atoms with Gasteiger partial charge in [-0.1, -0.05) is 0 Å². The van der Waals surface area contributed by atoms with Crippen LogP contribution in [0.2, 0.25) is 0 Å². The van der Waals surface area contributed by atoms with E-state index in [1.807, 2.05) is 19.9 Å². The van der Waals surface area contributed by atoms with Crippen molar-refractivity contribution in [3.63, 3.8) is 0 Å². The molecule has 1 aromatic carbocycles. The van der Waals surface area contributed by atoms with Gasteiger partial charge in [-0.15, -0.1) is 0 Å². The summed E-state index contributed by atoms with van der Waals surface area (Å²) in [7, 11) is 0. The number of hydrogen-bond donors (Lipinski definition) is 3. The molecule has 162 valence electrons. The molecular weight excluding hydrogens is 394 g/mol. The number of aromatic nitrogens is 4. The number of nitrogen functional groups attached to an aromatic ring is 1. The van der Waals surface area contributed by atoms with Crippen LogP contribution < -0.4 is 21.1 Å². The first-order valence-electron chi connectivity index (χ1n) is 10.5. The largest absolute Gasteiger partial charge is 0.488 e. The van der Waals surface area contributed by atoms with Gasteiger partial charge < -0.3 is 21.1 Å². The molecule has 0 bridgehead atoms. The molecule has 0 atom stereocenters. The lowest BCUT2D eigenvalue weighted by Crippen LogP contribution is -2.32. The highest BCUT2D eigenvalue weighted by atomic mass is 16.5. The maximum Gasteiger partial charge on any atom is 0.254 e. The van der Waals surface area contributed by atoms with E-state index in [9.17, 15) is 4.79 Å². The quantitative estimate of drug-likeness (QED) is 0.518. The maximum atomic E-state index is 12.0. The first-order chi connectivity index (χ1) is 15.0. The molecule has 9 heteroatoms. The summed E-state index contributed by atoms with van der Waals surface area (Å²) < 4.78 is 6.24. The Morgan fingerprint density at radius 2 is 1.77 bits per heavy atom. The standard InChI is InChI=1S/C22H27N7O2/c1-13(2)28-21(30)14-11-26-22(27-12-14)29-16-3-5-17(6-4-16)31-19-10-15(23)9-18-20(19)25-8-7-24-18/h7-13,16-17H,3-6,23H2,1-2H3,(H,28,30)(H,26,27,29). The second-order valence-corrected chi connectivity index (χ2v) is 8.10. The average Bonchev–Trinajstić information content (AvgIpc) is 2.75. The molecule has 0 unspecified atom stereocenters. The van der Waals surface area contributed by atoms with E-state index in [2.05, 4.69) is 30.6 Å². The highest BCUT2D eigenvalue weighted by molar-refractivity contribution is 5.93. The summed E-state index contributed by atoms with van der Waals surface area (Å²) in [6.45, 7) is 3.83. The van der Waals surface area contributed by atoms with Crippen LogP contribution in [0.3, 0.4) is 0 Å². The van der Waals surface area contributed by atoms with Crippen LogP contribution in [0, 0.1) is 0 Å². The van der Waals surface area contributed by atoms with Crippen molar-refractivity contribution in [2.75, 3.05) is 11.1 Å². The SMILES string of the molecule is CC(C)NC(=O)c1cnc(NC2CCC(Oc3cc(N)cc4nccnc34)CC2)nc1. The number of nitrogens with zero attached hydrogens (tertiary/aromatic N) is 4. The minimum absolute atomic E-state index is 0.0695. The molecule has 4 N–H and O–H groups in total. The van der Waals surface area contributed by atoms with Crippen molar-refractivity contribution >= 4 is 28.6 Å². The zero-order valence-corrected chi connectivity index (χ0v) is 17.7. The zero-order valence-electron chi connectivity index (χ0n) is 17.7. The van der Waals surface area contributed by atoms with E-state index >= 15 is 0 Å². The Hall–Kier alpha value is -3.49. The van der Waals surface area contributed by atoms with Crippen LogP contribution in [0.4, 0.5) is 11.6 Å². The monoisotopic (exact) mass is 421 g/mol. The number of carbonyl (C=O) groups excluding carboxylic acids is 1. The molecule has 31 heavy (non-hydrogen) atoms. The molecule has 1 amide bonds. The Kier molecular flexibility index (Phi) is 6.11.